The predicted molar refractivity (Wildman–Crippen MR) is 205 cm³/mol. The summed E-state index contributed by atoms with van der Waals surface area (Å²) in [4.78, 5) is 15.7. The molecule has 0 N–H and O–H groups in total. The van der Waals surface area contributed by atoms with Crippen LogP contribution in [0.15, 0.2) is 178 Å². The van der Waals surface area contributed by atoms with Gasteiger partial charge in [0, 0.05) is 44.2 Å². The first-order chi connectivity index (χ1) is 25.5. The summed E-state index contributed by atoms with van der Waals surface area (Å²) in [5, 5.41) is 1.75. The van der Waals surface area contributed by atoms with Gasteiger partial charge < -0.3 is 4.42 Å². The highest BCUT2D eigenvalue weighted by Crippen LogP contribution is 2.48. The van der Waals surface area contributed by atoms with Crippen molar-refractivity contribution in [1.82, 2.24) is 15.0 Å². The molecule has 1 aliphatic rings. The van der Waals surface area contributed by atoms with E-state index in [1.54, 1.807) is 12.1 Å². The second kappa shape index (κ2) is 11.7. The monoisotopic (exact) mass is 689 g/mol. The molecular formula is C45H27N3O3S. The predicted octanol–water partition coefficient (Wildman–Crippen LogP) is 10.9. The molecule has 10 rings (SSSR count). The largest absolute Gasteiger partial charge is 0.456 e. The van der Waals surface area contributed by atoms with E-state index in [1.807, 2.05) is 127 Å². The molecule has 7 aromatic carbocycles. The van der Waals surface area contributed by atoms with Gasteiger partial charge in [0.15, 0.2) is 17.5 Å². The first-order valence-electron chi connectivity index (χ1n) is 16.9. The maximum atomic E-state index is 13.8. The van der Waals surface area contributed by atoms with E-state index in [0.29, 0.717) is 44.0 Å². The average molecular weight is 690 g/mol. The summed E-state index contributed by atoms with van der Waals surface area (Å²) in [6.07, 6.45) is 0. The molecule has 0 aliphatic carbocycles. The Morgan fingerprint density at radius 2 is 0.942 bits per heavy atom. The van der Waals surface area contributed by atoms with Gasteiger partial charge in [-0.3, -0.25) is 0 Å². The van der Waals surface area contributed by atoms with Crippen molar-refractivity contribution in [2.75, 3.05) is 0 Å². The van der Waals surface area contributed by atoms with Crippen LogP contribution in [-0.2, 0) is 9.84 Å². The third-order valence-corrected chi connectivity index (χ3v) is 11.6. The lowest BCUT2D eigenvalue weighted by atomic mass is 9.98. The maximum Gasteiger partial charge on any atom is 0.208 e. The Morgan fingerprint density at radius 1 is 0.404 bits per heavy atom. The van der Waals surface area contributed by atoms with Gasteiger partial charge in [-0.25, -0.2) is 23.4 Å². The Morgan fingerprint density at radius 3 is 1.71 bits per heavy atom. The van der Waals surface area contributed by atoms with Gasteiger partial charge in [0.25, 0.3) is 0 Å². The van der Waals surface area contributed by atoms with Gasteiger partial charge in [-0.2, -0.15) is 0 Å². The summed E-state index contributed by atoms with van der Waals surface area (Å²) in [5.74, 6) is 1.66. The van der Waals surface area contributed by atoms with E-state index in [0.717, 1.165) is 55.3 Å². The number of rotatable bonds is 5. The van der Waals surface area contributed by atoms with E-state index in [4.69, 9.17) is 19.4 Å². The lowest BCUT2D eigenvalue weighted by Gasteiger charge is -2.10. The lowest BCUT2D eigenvalue weighted by molar-refractivity contribution is 0.599. The SMILES string of the molecule is O=S1(=O)c2ccccc2-c2cccc(-c3ccc4c(c3)oc3cccc(-c5nc(-c6ccccc6)nc(-c6ccc(-c7ccccc7)cc6)n5)c34)c21. The van der Waals surface area contributed by atoms with Crippen LogP contribution in [0, 0.1) is 0 Å². The van der Waals surface area contributed by atoms with Gasteiger partial charge in [0.05, 0.1) is 9.79 Å². The summed E-state index contributed by atoms with van der Waals surface area (Å²) < 4.78 is 34.0. The highest BCUT2D eigenvalue weighted by atomic mass is 32.2. The number of nitrogens with zero attached hydrogens (tertiary/aromatic N) is 3. The van der Waals surface area contributed by atoms with Gasteiger partial charge in [-0.05, 0) is 41.0 Å². The first kappa shape index (κ1) is 30.2. The Kier molecular flexibility index (Phi) is 6.78. The number of hydrogen-bond acceptors (Lipinski definition) is 6. The van der Waals surface area contributed by atoms with Crippen LogP contribution in [0.1, 0.15) is 0 Å². The zero-order valence-electron chi connectivity index (χ0n) is 27.6. The Labute approximate surface area is 299 Å². The summed E-state index contributed by atoms with van der Waals surface area (Å²) in [7, 11) is -3.69. The molecule has 0 spiro atoms. The number of furan rings is 1. The fraction of sp³-hybridized carbons (Fsp3) is 0. The van der Waals surface area contributed by atoms with Crippen LogP contribution in [0.5, 0.6) is 0 Å². The summed E-state index contributed by atoms with van der Waals surface area (Å²) in [5.41, 5.74) is 8.98. The van der Waals surface area contributed by atoms with Crippen LogP contribution in [0.25, 0.3) is 89.5 Å². The molecule has 6 nitrogen and oxygen atoms in total. The van der Waals surface area contributed by atoms with E-state index >= 15 is 0 Å². The van der Waals surface area contributed by atoms with Crippen molar-refractivity contribution in [3.63, 3.8) is 0 Å². The van der Waals surface area contributed by atoms with E-state index in [1.165, 1.54) is 0 Å². The lowest BCUT2D eigenvalue weighted by Crippen LogP contribution is -2.00. The summed E-state index contributed by atoms with van der Waals surface area (Å²) in [6.45, 7) is 0. The minimum Gasteiger partial charge on any atom is -0.456 e. The molecule has 0 unspecified atom stereocenters. The molecule has 9 aromatic rings. The van der Waals surface area contributed by atoms with Crippen molar-refractivity contribution in [2.45, 2.75) is 9.79 Å². The number of fused-ring (bicyclic) bond motifs is 6. The smallest absolute Gasteiger partial charge is 0.208 e. The van der Waals surface area contributed by atoms with Crippen LogP contribution in [0.3, 0.4) is 0 Å². The van der Waals surface area contributed by atoms with Crippen LogP contribution in [-0.4, -0.2) is 23.4 Å². The average Bonchev–Trinajstić information content (AvgIpc) is 3.70. The number of aromatic nitrogens is 3. The van der Waals surface area contributed by atoms with E-state index in [-0.39, 0.29) is 0 Å². The molecule has 52 heavy (non-hydrogen) atoms. The van der Waals surface area contributed by atoms with Crippen molar-refractivity contribution in [2.24, 2.45) is 0 Å². The topological polar surface area (TPSA) is 86.0 Å². The van der Waals surface area contributed by atoms with Gasteiger partial charge in [-0.15, -0.1) is 0 Å². The van der Waals surface area contributed by atoms with E-state index < -0.39 is 9.84 Å². The van der Waals surface area contributed by atoms with Crippen LogP contribution >= 0.6 is 0 Å². The molecule has 3 heterocycles. The van der Waals surface area contributed by atoms with Crippen LogP contribution in [0.4, 0.5) is 0 Å². The zero-order chi connectivity index (χ0) is 34.8. The normalized spacial score (nSPS) is 12.9. The van der Waals surface area contributed by atoms with Gasteiger partial charge in [0.1, 0.15) is 11.2 Å². The Balaban J connectivity index is 1.12. The van der Waals surface area contributed by atoms with Crippen LogP contribution in [0.2, 0.25) is 0 Å². The van der Waals surface area contributed by atoms with Gasteiger partial charge in [0.2, 0.25) is 9.84 Å². The highest BCUT2D eigenvalue weighted by molar-refractivity contribution is 7.92. The standard InChI is InChI=1S/C45H27N3O3S/c49-52(50)40-20-8-7-15-34(40)35-17-9-16-33(42(35)52)32-25-26-36-39(27-32)51-38-19-10-18-37(41(36)38)45-47-43(30-13-5-2-6-14-30)46-44(48-45)31-23-21-29(22-24-31)28-11-3-1-4-12-28/h1-27H. The van der Waals surface area contributed by atoms with E-state index in [2.05, 4.69) is 24.3 Å². The molecule has 0 saturated carbocycles. The second-order valence-corrected chi connectivity index (χ2v) is 14.6. The summed E-state index contributed by atoms with van der Waals surface area (Å²) >= 11 is 0. The molecule has 0 bridgehead atoms. The fourth-order valence-electron chi connectivity index (χ4n) is 7.26. The quantitative estimate of drug-likeness (QED) is 0.179. The minimum atomic E-state index is -3.69. The fourth-order valence-corrected chi connectivity index (χ4v) is 9.15. The zero-order valence-corrected chi connectivity index (χ0v) is 28.4. The molecular weight excluding hydrogens is 663 g/mol. The third kappa shape index (κ3) is 4.78. The van der Waals surface area contributed by atoms with Gasteiger partial charge in [-0.1, -0.05) is 140 Å². The Bertz CT molecular complexity index is 2960. The van der Waals surface area contributed by atoms with Crippen molar-refractivity contribution in [3.05, 3.63) is 164 Å². The third-order valence-electron chi connectivity index (χ3n) is 9.72. The minimum absolute atomic E-state index is 0.329. The molecule has 7 heteroatoms. The Hall–Kier alpha value is -6.70. The van der Waals surface area contributed by atoms with Crippen molar-refractivity contribution in [1.29, 1.82) is 0 Å². The van der Waals surface area contributed by atoms with Crippen molar-refractivity contribution >= 4 is 31.8 Å². The second-order valence-electron chi connectivity index (χ2n) is 12.8. The molecule has 0 radical (unpaired) electrons. The van der Waals surface area contributed by atoms with Gasteiger partial charge >= 0.3 is 0 Å². The maximum absolute atomic E-state index is 13.8. The molecule has 246 valence electrons. The molecule has 0 atom stereocenters. The number of sulfone groups is 1. The first-order valence-corrected chi connectivity index (χ1v) is 18.4. The van der Waals surface area contributed by atoms with Crippen molar-refractivity contribution in [3.8, 4) is 67.5 Å². The molecule has 1 aliphatic heterocycles. The molecule has 0 saturated heterocycles. The highest BCUT2D eigenvalue weighted by Gasteiger charge is 2.35. The number of benzene rings is 7. The number of hydrogen-bond donors (Lipinski definition) is 0. The molecule has 0 fully saturated rings. The van der Waals surface area contributed by atoms with Crippen LogP contribution < -0.4 is 0 Å². The van der Waals surface area contributed by atoms with Crippen molar-refractivity contribution < 1.29 is 12.8 Å². The van der Waals surface area contributed by atoms with E-state index in [9.17, 15) is 8.42 Å². The molecule has 2 aromatic heterocycles. The molecule has 0 amide bonds. The summed E-state index contributed by atoms with van der Waals surface area (Å²) in [6, 6.07) is 53.0.